The minimum absolute atomic E-state index is 0.0253. The molecule has 3 rings (SSSR count). The topological polar surface area (TPSA) is 107 Å². The number of rotatable bonds is 5. The zero-order valence-corrected chi connectivity index (χ0v) is 14.1. The van der Waals surface area contributed by atoms with E-state index in [9.17, 15) is 4.79 Å². The molecule has 1 fully saturated rings. The summed E-state index contributed by atoms with van der Waals surface area (Å²) in [4.78, 5) is 21.2. The molecule has 1 aliphatic rings. The number of carbonyl (C=O) groups is 1. The van der Waals surface area contributed by atoms with E-state index in [1.165, 1.54) is 30.7 Å². The SMILES string of the molecule is Nc1cc(N)nc(S[C@H](C(=O)NC2CCCC2)c2ccccc2)n1. The highest BCUT2D eigenvalue weighted by molar-refractivity contribution is 8.00. The summed E-state index contributed by atoms with van der Waals surface area (Å²) >= 11 is 1.27. The van der Waals surface area contributed by atoms with Gasteiger partial charge in [-0.3, -0.25) is 4.79 Å². The standard InChI is InChI=1S/C17H21N5OS/c18-13-10-14(19)22-17(21-13)24-15(11-6-2-1-3-7-11)16(23)20-12-8-4-5-9-12/h1-3,6-7,10,12,15H,4-5,8-9H2,(H,20,23)(H4,18,19,21,22)/t15-/m0/s1. The van der Waals surface area contributed by atoms with Crippen LogP contribution in [-0.2, 0) is 4.79 Å². The molecule has 24 heavy (non-hydrogen) atoms. The molecule has 126 valence electrons. The van der Waals surface area contributed by atoms with E-state index >= 15 is 0 Å². The van der Waals surface area contributed by atoms with Crippen LogP contribution in [0.1, 0.15) is 36.5 Å². The Morgan fingerprint density at radius 2 is 1.75 bits per heavy atom. The molecule has 0 saturated heterocycles. The molecule has 6 nitrogen and oxygen atoms in total. The van der Waals surface area contributed by atoms with Crippen LogP contribution in [0.2, 0.25) is 0 Å². The van der Waals surface area contributed by atoms with Crippen LogP contribution in [0.3, 0.4) is 0 Å². The Morgan fingerprint density at radius 3 is 2.38 bits per heavy atom. The van der Waals surface area contributed by atoms with E-state index in [1.54, 1.807) is 0 Å². The molecule has 1 atom stereocenters. The number of hydrogen-bond acceptors (Lipinski definition) is 6. The average molecular weight is 343 g/mol. The van der Waals surface area contributed by atoms with E-state index in [0.717, 1.165) is 18.4 Å². The van der Waals surface area contributed by atoms with E-state index in [0.29, 0.717) is 16.8 Å². The van der Waals surface area contributed by atoms with E-state index < -0.39 is 5.25 Å². The van der Waals surface area contributed by atoms with Gasteiger partial charge in [-0.15, -0.1) is 0 Å². The van der Waals surface area contributed by atoms with E-state index in [-0.39, 0.29) is 11.9 Å². The lowest BCUT2D eigenvalue weighted by Gasteiger charge is -2.19. The molecule has 1 aromatic carbocycles. The van der Waals surface area contributed by atoms with Crippen molar-refractivity contribution in [1.29, 1.82) is 0 Å². The highest BCUT2D eigenvalue weighted by atomic mass is 32.2. The molecule has 1 aromatic heterocycles. The van der Waals surface area contributed by atoms with Crippen molar-refractivity contribution >= 4 is 29.3 Å². The minimum Gasteiger partial charge on any atom is -0.383 e. The smallest absolute Gasteiger partial charge is 0.238 e. The number of thioether (sulfide) groups is 1. The molecule has 0 unspecified atom stereocenters. The molecular formula is C17H21N5OS. The maximum absolute atomic E-state index is 12.8. The molecule has 0 aliphatic heterocycles. The maximum Gasteiger partial charge on any atom is 0.238 e. The number of anilines is 2. The third kappa shape index (κ3) is 4.17. The number of nitrogens with zero attached hydrogens (tertiary/aromatic N) is 2. The Kier molecular flexibility index (Phi) is 5.20. The normalized spacial score (nSPS) is 16.0. The fourth-order valence-corrected chi connectivity index (χ4v) is 3.86. The van der Waals surface area contributed by atoms with Crippen LogP contribution in [0.25, 0.3) is 0 Å². The van der Waals surface area contributed by atoms with Crippen molar-refractivity contribution in [3.05, 3.63) is 42.0 Å². The van der Waals surface area contributed by atoms with Crippen LogP contribution in [-0.4, -0.2) is 21.9 Å². The maximum atomic E-state index is 12.8. The highest BCUT2D eigenvalue weighted by Gasteiger charge is 2.26. The minimum atomic E-state index is -0.437. The lowest BCUT2D eigenvalue weighted by atomic mass is 10.1. The van der Waals surface area contributed by atoms with Gasteiger partial charge in [0.25, 0.3) is 0 Å². The van der Waals surface area contributed by atoms with Crippen molar-refractivity contribution in [2.45, 2.75) is 42.1 Å². The van der Waals surface area contributed by atoms with E-state index in [2.05, 4.69) is 15.3 Å². The number of aromatic nitrogens is 2. The zero-order valence-electron chi connectivity index (χ0n) is 13.3. The molecule has 0 radical (unpaired) electrons. The monoisotopic (exact) mass is 343 g/mol. The molecule has 0 bridgehead atoms. The molecule has 2 aromatic rings. The van der Waals surface area contributed by atoms with Crippen LogP contribution in [0.15, 0.2) is 41.6 Å². The van der Waals surface area contributed by atoms with Gasteiger partial charge in [-0.05, 0) is 18.4 Å². The summed E-state index contributed by atoms with van der Waals surface area (Å²) in [7, 11) is 0. The first kappa shape index (κ1) is 16.6. The summed E-state index contributed by atoms with van der Waals surface area (Å²) in [6, 6.07) is 11.4. The van der Waals surface area contributed by atoms with Crippen LogP contribution in [0.5, 0.6) is 0 Å². The fraction of sp³-hybridized carbons (Fsp3) is 0.353. The Morgan fingerprint density at radius 1 is 1.12 bits per heavy atom. The fourth-order valence-electron chi connectivity index (χ4n) is 2.87. The number of amides is 1. The highest BCUT2D eigenvalue weighted by Crippen LogP contribution is 2.34. The first-order chi connectivity index (χ1) is 11.6. The van der Waals surface area contributed by atoms with Crippen LogP contribution in [0, 0.1) is 0 Å². The molecule has 7 heteroatoms. The van der Waals surface area contributed by atoms with Crippen molar-refractivity contribution in [1.82, 2.24) is 15.3 Å². The molecule has 5 N–H and O–H groups in total. The molecule has 0 spiro atoms. The largest absolute Gasteiger partial charge is 0.383 e. The Bertz CT molecular complexity index is 683. The van der Waals surface area contributed by atoms with Crippen molar-refractivity contribution in [2.24, 2.45) is 0 Å². The van der Waals surface area contributed by atoms with Crippen LogP contribution in [0.4, 0.5) is 11.6 Å². The van der Waals surface area contributed by atoms with Gasteiger partial charge in [-0.25, -0.2) is 9.97 Å². The second-order valence-electron chi connectivity index (χ2n) is 5.90. The summed E-state index contributed by atoms with van der Waals surface area (Å²) in [5.74, 6) is 0.573. The van der Waals surface area contributed by atoms with Gasteiger partial charge in [0.15, 0.2) is 5.16 Å². The van der Waals surface area contributed by atoms with Gasteiger partial charge < -0.3 is 16.8 Å². The van der Waals surface area contributed by atoms with Gasteiger partial charge in [0.2, 0.25) is 5.91 Å². The summed E-state index contributed by atoms with van der Waals surface area (Å²) in [5.41, 5.74) is 12.4. The van der Waals surface area contributed by atoms with Crippen molar-refractivity contribution in [2.75, 3.05) is 11.5 Å². The Hall–Kier alpha value is -2.28. The van der Waals surface area contributed by atoms with Gasteiger partial charge in [-0.2, -0.15) is 0 Å². The third-order valence-corrected chi connectivity index (χ3v) is 5.13. The number of hydrogen-bond donors (Lipinski definition) is 3. The molecule has 1 amide bonds. The summed E-state index contributed by atoms with van der Waals surface area (Å²) in [6.07, 6.45) is 4.42. The van der Waals surface area contributed by atoms with Gasteiger partial charge in [0, 0.05) is 12.1 Å². The number of carbonyl (C=O) groups excluding carboxylic acids is 1. The lowest BCUT2D eigenvalue weighted by Crippen LogP contribution is -2.35. The second kappa shape index (κ2) is 7.53. The van der Waals surface area contributed by atoms with Gasteiger partial charge in [-0.1, -0.05) is 54.9 Å². The first-order valence-electron chi connectivity index (χ1n) is 8.04. The predicted molar refractivity (Wildman–Crippen MR) is 96.3 cm³/mol. The molecule has 1 aliphatic carbocycles. The second-order valence-corrected chi connectivity index (χ2v) is 6.97. The predicted octanol–water partition coefficient (Wildman–Crippen LogP) is 2.53. The molecule has 1 saturated carbocycles. The summed E-state index contributed by atoms with van der Waals surface area (Å²) in [5, 5.41) is 3.12. The van der Waals surface area contributed by atoms with Crippen LogP contribution >= 0.6 is 11.8 Å². The van der Waals surface area contributed by atoms with Gasteiger partial charge in [0.05, 0.1) is 0 Å². The van der Waals surface area contributed by atoms with Crippen molar-refractivity contribution < 1.29 is 4.79 Å². The zero-order chi connectivity index (χ0) is 16.9. The third-order valence-electron chi connectivity index (χ3n) is 4.01. The Balaban J connectivity index is 1.82. The molecule has 1 heterocycles. The van der Waals surface area contributed by atoms with Crippen LogP contribution < -0.4 is 16.8 Å². The number of nitrogen functional groups attached to an aromatic ring is 2. The quantitative estimate of drug-likeness (QED) is 0.569. The summed E-state index contributed by atoms with van der Waals surface area (Å²) < 4.78 is 0. The van der Waals surface area contributed by atoms with Gasteiger partial charge >= 0.3 is 0 Å². The Labute approximate surface area is 145 Å². The van der Waals surface area contributed by atoms with E-state index in [4.69, 9.17) is 11.5 Å². The number of nitrogens with one attached hydrogen (secondary N) is 1. The van der Waals surface area contributed by atoms with E-state index in [1.807, 2.05) is 30.3 Å². The van der Waals surface area contributed by atoms with Crippen molar-refractivity contribution in [3.8, 4) is 0 Å². The number of benzene rings is 1. The number of nitrogens with two attached hydrogens (primary N) is 2. The van der Waals surface area contributed by atoms with Crippen molar-refractivity contribution in [3.63, 3.8) is 0 Å². The molecular weight excluding hydrogens is 322 g/mol. The lowest BCUT2D eigenvalue weighted by molar-refractivity contribution is -0.121. The first-order valence-corrected chi connectivity index (χ1v) is 8.92. The average Bonchev–Trinajstić information content (AvgIpc) is 3.05. The van der Waals surface area contributed by atoms with Gasteiger partial charge in [0.1, 0.15) is 16.9 Å². The summed E-state index contributed by atoms with van der Waals surface area (Å²) in [6.45, 7) is 0.